The van der Waals surface area contributed by atoms with Crippen molar-refractivity contribution in [2.75, 3.05) is 0 Å². The lowest BCUT2D eigenvalue weighted by molar-refractivity contribution is -0.189. The van der Waals surface area contributed by atoms with E-state index >= 15 is 0 Å². The molecule has 0 aliphatic heterocycles. The molecule has 0 aliphatic carbocycles. The smallest absolute Gasteiger partial charge is 0.429 e. The van der Waals surface area contributed by atoms with Gasteiger partial charge in [-0.15, -0.1) is 0 Å². The van der Waals surface area contributed by atoms with Crippen molar-refractivity contribution in [3.8, 4) is 28.7 Å². The Bertz CT molecular complexity index is 1620. The van der Waals surface area contributed by atoms with Gasteiger partial charge in [0.2, 0.25) is 0 Å². The highest BCUT2D eigenvalue weighted by molar-refractivity contribution is 5.66. The molecular weight excluding hydrogens is 552 g/mol. The Hall–Kier alpha value is -4.58. The number of ether oxygens (including phenoxy) is 1. The molecule has 1 nitrogen and oxygen atoms in total. The fourth-order valence-corrected chi connectivity index (χ4v) is 3.96. The molecule has 0 N–H and O–H groups in total. The van der Waals surface area contributed by atoms with E-state index in [1.165, 1.54) is 24.3 Å². The SMILES string of the molecule is C/C=C/CCc1cc(F)c(C(F)(F)Oc2ccc(-c3ccc(C#Cc4cc(F)c(F)c(F)c4)cc3)c(F)c2)c(F)c1. The average molecular weight is 572 g/mol. The van der Waals surface area contributed by atoms with Gasteiger partial charge in [-0.1, -0.05) is 36.1 Å². The summed E-state index contributed by atoms with van der Waals surface area (Å²) in [4.78, 5) is 0. The summed E-state index contributed by atoms with van der Waals surface area (Å²) in [5.41, 5.74) is -0.760. The number of halogens is 8. The molecule has 0 spiro atoms. The van der Waals surface area contributed by atoms with Crippen LogP contribution in [0.5, 0.6) is 5.75 Å². The Kier molecular flexibility index (Phi) is 8.82. The van der Waals surface area contributed by atoms with Crippen LogP contribution in [0, 0.1) is 46.7 Å². The normalized spacial score (nSPS) is 11.4. The summed E-state index contributed by atoms with van der Waals surface area (Å²) in [5.74, 6) is -3.82. The van der Waals surface area contributed by atoms with Gasteiger partial charge in [0.05, 0.1) is 0 Å². The predicted molar refractivity (Wildman–Crippen MR) is 138 cm³/mol. The lowest BCUT2D eigenvalue weighted by atomic mass is 10.0. The van der Waals surface area contributed by atoms with Crippen LogP contribution in [-0.2, 0) is 12.5 Å². The molecule has 4 aromatic carbocycles. The van der Waals surface area contributed by atoms with Gasteiger partial charge in [-0.05, 0) is 79.4 Å². The standard InChI is InChI=1S/C32H20F8O/c1-2-3-4-5-20-14-26(34)30(27(35)15-20)32(39,40)41-23-12-13-24(25(33)18-23)22-10-8-19(9-11-22)6-7-21-16-28(36)31(38)29(37)17-21/h2-3,8-18H,4-5H2,1H3/b3-2+. The van der Waals surface area contributed by atoms with E-state index in [0.29, 0.717) is 23.6 Å². The molecule has 0 saturated carbocycles. The minimum atomic E-state index is -4.43. The van der Waals surface area contributed by atoms with Gasteiger partial charge in [0.1, 0.15) is 28.8 Å². The first-order valence-corrected chi connectivity index (χ1v) is 12.2. The molecule has 0 aliphatic rings. The third-order valence-corrected chi connectivity index (χ3v) is 5.95. The number of benzene rings is 4. The molecule has 4 rings (SSSR count). The molecule has 0 saturated heterocycles. The number of alkyl halides is 2. The molecule has 4 aromatic rings. The Morgan fingerprint density at radius 1 is 0.707 bits per heavy atom. The summed E-state index contributed by atoms with van der Waals surface area (Å²) in [6.45, 7) is 1.78. The Morgan fingerprint density at radius 2 is 1.32 bits per heavy atom. The highest BCUT2D eigenvalue weighted by Crippen LogP contribution is 2.37. The van der Waals surface area contributed by atoms with Crippen LogP contribution in [0.15, 0.2) is 78.9 Å². The number of rotatable bonds is 7. The van der Waals surface area contributed by atoms with E-state index in [9.17, 15) is 35.1 Å². The molecule has 0 fully saturated rings. The molecule has 210 valence electrons. The minimum Gasteiger partial charge on any atom is -0.429 e. The molecular formula is C32H20F8O. The molecule has 0 radical (unpaired) electrons. The van der Waals surface area contributed by atoms with Crippen molar-refractivity contribution in [1.82, 2.24) is 0 Å². The monoisotopic (exact) mass is 572 g/mol. The van der Waals surface area contributed by atoms with Crippen LogP contribution in [0.3, 0.4) is 0 Å². The van der Waals surface area contributed by atoms with Crippen molar-refractivity contribution in [1.29, 1.82) is 0 Å². The fraction of sp³-hybridized carbons (Fsp3) is 0.125. The Balaban J connectivity index is 1.50. The van der Waals surface area contributed by atoms with E-state index in [1.54, 1.807) is 19.1 Å². The van der Waals surface area contributed by atoms with Gasteiger partial charge in [-0.2, -0.15) is 8.78 Å². The zero-order valence-corrected chi connectivity index (χ0v) is 21.4. The van der Waals surface area contributed by atoms with Crippen molar-refractivity contribution in [3.63, 3.8) is 0 Å². The average Bonchev–Trinajstić information content (AvgIpc) is 2.90. The predicted octanol–water partition coefficient (Wildman–Crippen LogP) is 9.22. The number of aryl methyl sites for hydroxylation is 1. The fourth-order valence-electron chi connectivity index (χ4n) is 3.96. The minimum absolute atomic E-state index is 0.00527. The van der Waals surface area contributed by atoms with Gasteiger partial charge >= 0.3 is 6.11 Å². The first-order chi connectivity index (χ1) is 19.5. The third kappa shape index (κ3) is 6.95. The summed E-state index contributed by atoms with van der Waals surface area (Å²) < 4.78 is 118. The van der Waals surface area contributed by atoms with E-state index in [0.717, 1.165) is 36.4 Å². The number of hydrogen-bond donors (Lipinski definition) is 0. The summed E-state index contributed by atoms with van der Waals surface area (Å²) >= 11 is 0. The summed E-state index contributed by atoms with van der Waals surface area (Å²) in [7, 11) is 0. The van der Waals surface area contributed by atoms with Crippen LogP contribution >= 0.6 is 0 Å². The van der Waals surface area contributed by atoms with Crippen LogP contribution in [0.4, 0.5) is 35.1 Å². The third-order valence-electron chi connectivity index (χ3n) is 5.95. The number of allylic oxidation sites excluding steroid dienone is 2. The zero-order chi connectivity index (χ0) is 29.7. The van der Waals surface area contributed by atoms with Crippen LogP contribution in [-0.4, -0.2) is 0 Å². The maximum Gasteiger partial charge on any atom is 0.432 e. The van der Waals surface area contributed by atoms with Crippen molar-refractivity contribution >= 4 is 0 Å². The van der Waals surface area contributed by atoms with Crippen molar-refractivity contribution in [3.05, 3.63) is 136 Å². The van der Waals surface area contributed by atoms with E-state index in [-0.39, 0.29) is 23.1 Å². The second-order valence-electron chi connectivity index (χ2n) is 8.88. The van der Waals surface area contributed by atoms with Gasteiger partial charge in [0, 0.05) is 22.8 Å². The molecule has 0 bridgehead atoms. The summed E-state index contributed by atoms with van der Waals surface area (Å²) in [6, 6.07) is 11.8. The van der Waals surface area contributed by atoms with Crippen molar-refractivity contribution in [2.45, 2.75) is 25.9 Å². The molecule has 0 amide bonds. The lowest BCUT2D eigenvalue weighted by Gasteiger charge is -2.20. The van der Waals surface area contributed by atoms with Crippen molar-refractivity contribution in [2.24, 2.45) is 0 Å². The number of hydrogen-bond acceptors (Lipinski definition) is 1. The van der Waals surface area contributed by atoms with Gasteiger partial charge in [0.15, 0.2) is 17.5 Å². The van der Waals surface area contributed by atoms with Crippen LogP contribution in [0.25, 0.3) is 11.1 Å². The van der Waals surface area contributed by atoms with E-state index in [4.69, 9.17) is 0 Å². The van der Waals surface area contributed by atoms with E-state index in [2.05, 4.69) is 16.6 Å². The molecule has 0 atom stereocenters. The molecule has 0 unspecified atom stereocenters. The summed E-state index contributed by atoms with van der Waals surface area (Å²) in [6.07, 6.45) is -0.184. The Labute approximate surface area is 230 Å². The first-order valence-electron chi connectivity index (χ1n) is 12.2. The second kappa shape index (κ2) is 12.3. The molecule has 0 heterocycles. The van der Waals surface area contributed by atoms with E-state index in [1.807, 2.05) is 0 Å². The highest BCUT2D eigenvalue weighted by atomic mass is 19.3. The van der Waals surface area contributed by atoms with Gasteiger partial charge in [-0.3, -0.25) is 0 Å². The van der Waals surface area contributed by atoms with Crippen LogP contribution in [0.1, 0.15) is 35.6 Å². The molecule has 0 aromatic heterocycles. The topological polar surface area (TPSA) is 9.23 Å². The van der Waals surface area contributed by atoms with Crippen molar-refractivity contribution < 1.29 is 39.9 Å². The summed E-state index contributed by atoms with van der Waals surface area (Å²) in [5, 5.41) is 0. The van der Waals surface area contributed by atoms with Gasteiger partial charge in [0.25, 0.3) is 0 Å². The largest absolute Gasteiger partial charge is 0.432 e. The maximum atomic E-state index is 14.8. The highest BCUT2D eigenvalue weighted by Gasteiger charge is 2.41. The van der Waals surface area contributed by atoms with E-state index < -0.39 is 52.3 Å². The first kappa shape index (κ1) is 29.4. The zero-order valence-electron chi connectivity index (χ0n) is 21.4. The Morgan fingerprint density at radius 3 is 1.90 bits per heavy atom. The maximum absolute atomic E-state index is 14.8. The van der Waals surface area contributed by atoms with Gasteiger partial charge < -0.3 is 4.74 Å². The molecule has 9 heteroatoms. The van der Waals surface area contributed by atoms with Crippen LogP contribution < -0.4 is 4.74 Å². The second-order valence-corrected chi connectivity index (χ2v) is 8.88. The van der Waals surface area contributed by atoms with Crippen LogP contribution in [0.2, 0.25) is 0 Å². The lowest BCUT2D eigenvalue weighted by Crippen LogP contribution is -2.25. The quantitative estimate of drug-likeness (QED) is 0.0929. The van der Waals surface area contributed by atoms with Gasteiger partial charge in [-0.25, -0.2) is 26.3 Å². The molecule has 41 heavy (non-hydrogen) atoms.